The van der Waals surface area contributed by atoms with Crippen molar-refractivity contribution in [3.8, 4) is 5.75 Å². The smallest absolute Gasteiger partial charge is 0.317 e. The minimum Gasteiger partial charge on any atom is -0.492 e. The first-order valence-electron chi connectivity index (χ1n) is 9.23. The summed E-state index contributed by atoms with van der Waals surface area (Å²) < 4.78 is 16.9. The maximum Gasteiger partial charge on any atom is 0.317 e. The maximum atomic E-state index is 12.2. The number of carbonyl (C=O) groups is 1. The van der Waals surface area contributed by atoms with Gasteiger partial charge >= 0.3 is 6.03 Å². The Morgan fingerprint density at radius 3 is 2.26 bits per heavy atom. The molecule has 0 aliphatic heterocycles. The van der Waals surface area contributed by atoms with Crippen LogP contribution in [0.25, 0.3) is 0 Å². The van der Waals surface area contributed by atoms with E-state index in [9.17, 15) is 4.79 Å². The second kappa shape index (κ2) is 12.2. The van der Waals surface area contributed by atoms with Gasteiger partial charge in [0, 0.05) is 33.9 Å². The van der Waals surface area contributed by atoms with E-state index in [0.717, 1.165) is 16.6 Å². The van der Waals surface area contributed by atoms with Gasteiger partial charge in [0.15, 0.2) is 0 Å². The molecule has 0 atom stereocenters. The molecule has 0 aliphatic rings. The minimum atomic E-state index is -0.111. The molecule has 0 heterocycles. The van der Waals surface area contributed by atoms with Crippen LogP contribution >= 0.6 is 15.9 Å². The molecule has 0 aliphatic carbocycles. The number of methoxy groups -OCH3 is 2. The number of nitrogens with one attached hydrogen (secondary N) is 1. The quantitative estimate of drug-likeness (QED) is 0.527. The lowest BCUT2D eigenvalue weighted by Crippen LogP contribution is -2.43. The number of amides is 2. The Morgan fingerprint density at radius 2 is 1.74 bits per heavy atom. The second-order valence-electron chi connectivity index (χ2n) is 7.30. The highest BCUT2D eigenvalue weighted by Gasteiger charge is 2.15. The van der Waals surface area contributed by atoms with E-state index in [4.69, 9.17) is 14.2 Å². The van der Waals surface area contributed by atoms with E-state index >= 15 is 0 Å². The molecule has 6 nitrogen and oxygen atoms in total. The minimum absolute atomic E-state index is 0.100. The lowest BCUT2D eigenvalue weighted by molar-refractivity contribution is 0.122. The van der Waals surface area contributed by atoms with Crippen molar-refractivity contribution < 1.29 is 19.0 Å². The van der Waals surface area contributed by atoms with Crippen molar-refractivity contribution in [1.29, 1.82) is 0 Å². The molecular weight excluding hydrogens is 412 g/mol. The van der Waals surface area contributed by atoms with Crippen molar-refractivity contribution in [2.24, 2.45) is 0 Å². The van der Waals surface area contributed by atoms with E-state index in [-0.39, 0.29) is 11.4 Å². The summed E-state index contributed by atoms with van der Waals surface area (Å²) in [5.41, 5.74) is 1.35. The molecule has 0 bridgehead atoms. The molecule has 0 aromatic heterocycles. The van der Waals surface area contributed by atoms with Crippen molar-refractivity contribution in [3.63, 3.8) is 0 Å². The fourth-order valence-electron chi connectivity index (χ4n) is 2.36. The number of rotatable bonds is 11. The molecule has 0 fully saturated rings. The SMILES string of the molecule is COCCN(CCOC)C(=O)NCCCOc1ccc(C(C)(C)C)cc1Br. The van der Waals surface area contributed by atoms with E-state index in [1.807, 2.05) is 6.07 Å². The van der Waals surface area contributed by atoms with E-state index in [1.165, 1.54) is 5.56 Å². The van der Waals surface area contributed by atoms with Gasteiger partial charge in [-0.1, -0.05) is 26.8 Å². The number of ether oxygens (including phenoxy) is 3. The molecule has 27 heavy (non-hydrogen) atoms. The molecule has 0 radical (unpaired) electrons. The van der Waals surface area contributed by atoms with Gasteiger partial charge in [-0.2, -0.15) is 0 Å². The molecule has 154 valence electrons. The van der Waals surface area contributed by atoms with Crippen LogP contribution in [0.3, 0.4) is 0 Å². The summed E-state index contributed by atoms with van der Waals surface area (Å²) in [7, 11) is 3.24. The zero-order chi connectivity index (χ0) is 20.3. The molecule has 0 unspecified atom stereocenters. The molecule has 1 aromatic carbocycles. The Hall–Kier alpha value is -1.31. The van der Waals surface area contributed by atoms with Gasteiger partial charge in [-0.05, 0) is 45.5 Å². The van der Waals surface area contributed by atoms with Gasteiger partial charge in [0.05, 0.1) is 24.3 Å². The maximum absolute atomic E-state index is 12.2. The zero-order valence-electron chi connectivity index (χ0n) is 17.1. The van der Waals surface area contributed by atoms with Gasteiger partial charge in [0.1, 0.15) is 5.75 Å². The van der Waals surface area contributed by atoms with Crippen LogP contribution in [0.4, 0.5) is 4.79 Å². The van der Waals surface area contributed by atoms with Gasteiger partial charge in [0.2, 0.25) is 0 Å². The van der Waals surface area contributed by atoms with Crippen LogP contribution in [0.5, 0.6) is 5.75 Å². The summed E-state index contributed by atoms with van der Waals surface area (Å²) >= 11 is 3.57. The van der Waals surface area contributed by atoms with Crippen molar-refractivity contribution >= 4 is 22.0 Å². The summed E-state index contributed by atoms with van der Waals surface area (Å²) in [5, 5.41) is 2.91. The Balaban J connectivity index is 2.37. The number of carbonyl (C=O) groups excluding carboxylic acids is 1. The molecule has 0 saturated heterocycles. The number of nitrogens with zero attached hydrogens (tertiary/aromatic N) is 1. The predicted molar refractivity (Wildman–Crippen MR) is 112 cm³/mol. The molecule has 0 spiro atoms. The summed E-state index contributed by atoms with van der Waals surface area (Å²) in [6, 6.07) is 6.06. The summed E-state index contributed by atoms with van der Waals surface area (Å²) in [5.74, 6) is 0.816. The Kier molecular flexibility index (Phi) is 10.7. The van der Waals surface area contributed by atoms with Crippen LogP contribution in [0.15, 0.2) is 22.7 Å². The predicted octanol–water partition coefficient (Wildman–Crippen LogP) is 3.82. The van der Waals surface area contributed by atoms with Gasteiger partial charge in [-0.25, -0.2) is 4.79 Å². The number of hydrogen-bond donors (Lipinski definition) is 1. The molecule has 1 N–H and O–H groups in total. The highest BCUT2D eigenvalue weighted by atomic mass is 79.9. The largest absolute Gasteiger partial charge is 0.492 e. The Labute approximate surface area is 171 Å². The summed E-state index contributed by atoms with van der Waals surface area (Å²) in [6.45, 7) is 9.70. The first kappa shape index (κ1) is 23.7. The second-order valence-corrected chi connectivity index (χ2v) is 8.16. The fraction of sp³-hybridized carbons (Fsp3) is 0.650. The zero-order valence-corrected chi connectivity index (χ0v) is 18.7. The molecule has 7 heteroatoms. The first-order chi connectivity index (χ1) is 12.8. The van der Waals surface area contributed by atoms with Crippen molar-refractivity contribution in [2.75, 3.05) is 53.7 Å². The van der Waals surface area contributed by atoms with Crippen LogP contribution < -0.4 is 10.1 Å². The van der Waals surface area contributed by atoms with Crippen LogP contribution in [0.2, 0.25) is 0 Å². The average Bonchev–Trinajstić information content (AvgIpc) is 2.61. The third-order valence-corrected chi connectivity index (χ3v) is 4.69. The Morgan fingerprint density at radius 1 is 1.11 bits per heavy atom. The normalized spacial score (nSPS) is 11.3. The van der Waals surface area contributed by atoms with Crippen LogP contribution in [0, 0.1) is 0 Å². The number of benzene rings is 1. The Bertz CT molecular complexity index is 568. The lowest BCUT2D eigenvalue weighted by Gasteiger charge is -2.22. The van der Waals surface area contributed by atoms with E-state index in [1.54, 1.807) is 19.1 Å². The number of urea groups is 1. The van der Waals surface area contributed by atoms with Gasteiger partial charge in [-0.15, -0.1) is 0 Å². The molecule has 1 rings (SSSR count). The van der Waals surface area contributed by atoms with Crippen LogP contribution in [-0.4, -0.2) is 64.6 Å². The van der Waals surface area contributed by atoms with Crippen LogP contribution in [0.1, 0.15) is 32.8 Å². The third kappa shape index (κ3) is 8.95. The van der Waals surface area contributed by atoms with Crippen molar-refractivity contribution in [1.82, 2.24) is 10.2 Å². The van der Waals surface area contributed by atoms with E-state index < -0.39 is 0 Å². The lowest BCUT2D eigenvalue weighted by atomic mass is 9.87. The van der Waals surface area contributed by atoms with Crippen molar-refractivity contribution in [3.05, 3.63) is 28.2 Å². The van der Waals surface area contributed by atoms with E-state index in [0.29, 0.717) is 39.5 Å². The molecule has 1 aromatic rings. The highest BCUT2D eigenvalue weighted by Crippen LogP contribution is 2.31. The third-order valence-electron chi connectivity index (χ3n) is 4.07. The fourth-order valence-corrected chi connectivity index (χ4v) is 2.86. The monoisotopic (exact) mass is 444 g/mol. The van der Waals surface area contributed by atoms with Gasteiger partial charge in [0.25, 0.3) is 0 Å². The topological polar surface area (TPSA) is 60.0 Å². The molecular formula is C20H33BrN2O4. The van der Waals surface area contributed by atoms with Gasteiger partial charge < -0.3 is 24.4 Å². The highest BCUT2D eigenvalue weighted by molar-refractivity contribution is 9.10. The van der Waals surface area contributed by atoms with Gasteiger partial charge in [-0.3, -0.25) is 0 Å². The standard InChI is InChI=1S/C20H33BrN2O4/c1-20(2,3)16-7-8-18(17(21)15-16)27-12-6-9-22-19(24)23(10-13-25-4)11-14-26-5/h7-8,15H,6,9-14H2,1-5H3,(H,22,24). The summed E-state index contributed by atoms with van der Waals surface area (Å²) in [6.07, 6.45) is 0.724. The molecule has 2 amide bonds. The molecule has 0 saturated carbocycles. The average molecular weight is 445 g/mol. The van der Waals surface area contributed by atoms with Crippen molar-refractivity contribution in [2.45, 2.75) is 32.6 Å². The first-order valence-corrected chi connectivity index (χ1v) is 10.0. The number of hydrogen-bond acceptors (Lipinski definition) is 4. The summed E-state index contributed by atoms with van der Waals surface area (Å²) in [4.78, 5) is 13.9. The van der Waals surface area contributed by atoms with Crippen LogP contribution in [-0.2, 0) is 14.9 Å². The number of halogens is 1. The van der Waals surface area contributed by atoms with E-state index in [2.05, 4.69) is 54.2 Å².